The van der Waals surface area contributed by atoms with Crippen LogP contribution in [0.4, 0.5) is 17.6 Å². The van der Waals surface area contributed by atoms with Gasteiger partial charge in [0.05, 0.1) is 24.3 Å². The Balaban J connectivity index is 1.27. The second-order valence-corrected chi connectivity index (χ2v) is 10.9. The van der Waals surface area contributed by atoms with Crippen molar-refractivity contribution in [3.8, 4) is 22.9 Å². The number of benzene rings is 1. The van der Waals surface area contributed by atoms with Crippen LogP contribution in [0.2, 0.25) is 0 Å². The summed E-state index contributed by atoms with van der Waals surface area (Å²) < 4.78 is 11.9. The SMILES string of the molecule is CCOc1cccnc1OC1CCCN(c2ccnc(Nc3cccc(-c4cccc(CC(C)(C)C(=O)O)c4)n3)n2)C1. The van der Waals surface area contributed by atoms with E-state index in [2.05, 4.69) is 20.2 Å². The molecule has 1 saturated heterocycles. The Morgan fingerprint density at radius 2 is 1.93 bits per heavy atom. The highest BCUT2D eigenvalue weighted by Crippen LogP contribution is 2.29. The van der Waals surface area contributed by atoms with Gasteiger partial charge in [0.2, 0.25) is 5.95 Å². The summed E-state index contributed by atoms with van der Waals surface area (Å²) in [5.74, 6) is 2.20. The molecule has 1 unspecified atom stereocenters. The predicted molar refractivity (Wildman–Crippen MR) is 161 cm³/mol. The van der Waals surface area contributed by atoms with Crippen molar-refractivity contribution in [1.82, 2.24) is 19.9 Å². The van der Waals surface area contributed by atoms with Crippen LogP contribution in [0.5, 0.6) is 11.6 Å². The molecule has 218 valence electrons. The van der Waals surface area contributed by atoms with Gasteiger partial charge < -0.3 is 24.8 Å². The van der Waals surface area contributed by atoms with Crippen molar-refractivity contribution in [3.63, 3.8) is 0 Å². The van der Waals surface area contributed by atoms with Crippen molar-refractivity contribution in [2.45, 2.75) is 46.1 Å². The number of hydrogen-bond acceptors (Lipinski definition) is 9. The smallest absolute Gasteiger partial charge is 0.309 e. The lowest BCUT2D eigenvalue weighted by Crippen LogP contribution is -2.41. The first-order chi connectivity index (χ1) is 20.3. The molecule has 0 amide bonds. The third kappa shape index (κ3) is 7.12. The predicted octanol–water partition coefficient (Wildman–Crippen LogP) is 5.78. The average Bonchev–Trinajstić information content (AvgIpc) is 2.99. The van der Waals surface area contributed by atoms with E-state index >= 15 is 0 Å². The zero-order chi connectivity index (χ0) is 29.5. The average molecular weight is 569 g/mol. The number of nitrogens with zero attached hydrogens (tertiary/aromatic N) is 5. The number of hydrogen-bond donors (Lipinski definition) is 2. The fraction of sp³-hybridized carbons (Fsp3) is 0.344. The number of carboxylic acid groups (broad SMARTS) is 1. The van der Waals surface area contributed by atoms with Crippen LogP contribution in [-0.4, -0.2) is 56.8 Å². The van der Waals surface area contributed by atoms with Gasteiger partial charge in [-0.05, 0) is 82.0 Å². The van der Waals surface area contributed by atoms with Crippen LogP contribution in [0, 0.1) is 5.41 Å². The number of aliphatic carboxylic acids is 1. The Morgan fingerprint density at radius 1 is 1.07 bits per heavy atom. The van der Waals surface area contributed by atoms with Gasteiger partial charge in [-0.3, -0.25) is 4.79 Å². The standard InChI is InChI=1S/C32H36N6O4/c1-4-41-26-13-7-16-33-29(26)42-24-11-8-18-38(21-24)28-15-17-34-31(37-28)36-27-14-6-12-25(35-27)23-10-5-9-22(19-23)20-32(2,3)30(39)40/h5-7,9-10,12-17,19,24H,4,8,11,18,20-21H2,1-3H3,(H,39,40)(H,34,35,36,37). The van der Waals surface area contributed by atoms with Crippen LogP contribution < -0.4 is 19.7 Å². The molecule has 42 heavy (non-hydrogen) atoms. The molecule has 4 aromatic rings. The number of anilines is 3. The third-order valence-electron chi connectivity index (χ3n) is 7.09. The lowest BCUT2D eigenvalue weighted by Gasteiger charge is -2.33. The van der Waals surface area contributed by atoms with Crippen LogP contribution in [0.1, 0.15) is 39.2 Å². The first-order valence-corrected chi connectivity index (χ1v) is 14.2. The molecule has 10 nitrogen and oxygen atoms in total. The Morgan fingerprint density at radius 3 is 2.76 bits per heavy atom. The van der Waals surface area contributed by atoms with Crippen LogP contribution in [0.15, 0.2) is 73.1 Å². The lowest BCUT2D eigenvalue weighted by atomic mass is 9.85. The molecular formula is C32H36N6O4. The Labute approximate surface area is 245 Å². The molecule has 10 heteroatoms. The first kappa shape index (κ1) is 28.8. The molecule has 1 atom stereocenters. The summed E-state index contributed by atoms with van der Waals surface area (Å²) in [5, 5.41) is 12.8. The van der Waals surface area contributed by atoms with Gasteiger partial charge in [0, 0.05) is 24.5 Å². The van der Waals surface area contributed by atoms with Crippen molar-refractivity contribution in [2.75, 3.05) is 29.9 Å². The molecule has 0 radical (unpaired) electrons. The summed E-state index contributed by atoms with van der Waals surface area (Å²) in [6, 6.07) is 19.2. The number of pyridine rings is 2. The van der Waals surface area contributed by atoms with Crippen molar-refractivity contribution in [2.24, 2.45) is 5.41 Å². The fourth-order valence-corrected chi connectivity index (χ4v) is 4.92. The summed E-state index contributed by atoms with van der Waals surface area (Å²) >= 11 is 0. The third-order valence-corrected chi connectivity index (χ3v) is 7.09. The maximum Gasteiger partial charge on any atom is 0.309 e. The van der Waals surface area contributed by atoms with Gasteiger partial charge in [0.1, 0.15) is 17.7 Å². The van der Waals surface area contributed by atoms with Gasteiger partial charge in [0.15, 0.2) is 5.75 Å². The van der Waals surface area contributed by atoms with E-state index in [1.807, 2.05) is 67.6 Å². The second-order valence-electron chi connectivity index (χ2n) is 10.9. The van der Waals surface area contributed by atoms with E-state index in [0.29, 0.717) is 43.0 Å². The molecule has 1 aromatic carbocycles. The van der Waals surface area contributed by atoms with Gasteiger partial charge in [0.25, 0.3) is 5.88 Å². The van der Waals surface area contributed by atoms with E-state index in [4.69, 9.17) is 19.4 Å². The number of aromatic nitrogens is 4. The lowest BCUT2D eigenvalue weighted by molar-refractivity contribution is -0.146. The van der Waals surface area contributed by atoms with E-state index < -0.39 is 11.4 Å². The van der Waals surface area contributed by atoms with Gasteiger partial charge in [-0.1, -0.05) is 24.3 Å². The minimum atomic E-state index is -0.858. The molecule has 4 heterocycles. The van der Waals surface area contributed by atoms with Crippen molar-refractivity contribution >= 4 is 23.6 Å². The van der Waals surface area contributed by atoms with Crippen molar-refractivity contribution in [1.29, 1.82) is 0 Å². The molecule has 0 spiro atoms. The minimum Gasteiger partial charge on any atom is -0.488 e. The molecule has 2 N–H and O–H groups in total. The van der Waals surface area contributed by atoms with Crippen LogP contribution in [0.25, 0.3) is 11.3 Å². The highest BCUT2D eigenvalue weighted by molar-refractivity contribution is 5.74. The molecule has 1 aliphatic heterocycles. The van der Waals surface area contributed by atoms with Crippen LogP contribution in [-0.2, 0) is 11.2 Å². The number of ether oxygens (including phenoxy) is 2. The Kier molecular flexibility index (Phi) is 8.80. The van der Waals surface area contributed by atoms with Crippen LogP contribution in [0.3, 0.4) is 0 Å². The zero-order valence-electron chi connectivity index (χ0n) is 24.2. The van der Waals surface area contributed by atoms with E-state index in [-0.39, 0.29) is 6.10 Å². The summed E-state index contributed by atoms with van der Waals surface area (Å²) in [4.78, 5) is 32.1. The molecular weight excluding hydrogens is 532 g/mol. The van der Waals surface area contributed by atoms with E-state index in [1.165, 1.54) is 0 Å². The molecule has 1 aliphatic rings. The number of rotatable bonds is 11. The zero-order valence-corrected chi connectivity index (χ0v) is 24.2. The minimum absolute atomic E-state index is 0.0468. The van der Waals surface area contributed by atoms with Crippen LogP contribution >= 0.6 is 0 Å². The molecule has 1 fully saturated rings. The maximum absolute atomic E-state index is 11.6. The maximum atomic E-state index is 11.6. The quantitative estimate of drug-likeness (QED) is 0.230. The van der Waals surface area contributed by atoms with E-state index in [0.717, 1.165) is 42.0 Å². The van der Waals surface area contributed by atoms with Gasteiger partial charge in [-0.15, -0.1) is 0 Å². The summed E-state index contributed by atoms with van der Waals surface area (Å²) in [6.45, 7) is 7.48. The number of nitrogens with one attached hydrogen (secondary N) is 1. The Bertz CT molecular complexity index is 1530. The summed E-state index contributed by atoms with van der Waals surface area (Å²) in [5.41, 5.74) is 1.76. The molecule has 5 rings (SSSR count). The number of carboxylic acids is 1. The van der Waals surface area contributed by atoms with Gasteiger partial charge >= 0.3 is 5.97 Å². The monoisotopic (exact) mass is 568 g/mol. The van der Waals surface area contributed by atoms with E-state index in [1.54, 1.807) is 26.2 Å². The molecule has 3 aromatic heterocycles. The first-order valence-electron chi connectivity index (χ1n) is 14.2. The topological polar surface area (TPSA) is 123 Å². The number of carbonyl (C=O) groups is 1. The summed E-state index contributed by atoms with van der Waals surface area (Å²) in [7, 11) is 0. The van der Waals surface area contributed by atoms with E-state index in [9.17, 15) is 9.90 Å². The largest absolute Gasteiger partial charge is 0.488 e. The number of piperidine rings is 1. The van der Waals surface area contributed by atoms with Gasteiger partial charge in [-0.25, -0.2) is 15.0 Å². The Hall–Kier alpha value is -4.73. The molecule has 0 aliphatic carbocycles. The second kappa shape index (κ2) is 12.8. The summed E-state index contributed by atoms with van der Waals surface area (Å²) in [6.07, 6.45) is 5.70. The normalized spacial score (nSPS) is 15.2. The fourth-order valence-electron chi connectivity index (χ4n) is 4.92. The van der Waals surface area contributed by atoms with Gasteiger partial charge in [-0.2, -0.15) is 4.98 Å². The highest BCUT2D eigenvalue weighted by Gasteiger charge is 2.27. The van der Waals surface area contributed by atoms with Crippen molar-refractivity contribution < 1.29 is 19.4 Å². The van der Waals surface area contributed by atoms with Crippen molar-refractivity contribution in [3.05, 3.63) is 78.6 Å². The molecule has 0 saturated carbocycles. The molecule has 0 bridgehead atoms. The highest BCUT2D eigenvalue weighted by atomic mass is 16.5.